The minimum Gasteiger partial charge on any atom is -0.444 e. The molecule has 1 atom stereocenters. The van der Waals surface area contributed by atoms with Crippen molar-refractivity contribution in [3.63, 3.8) is 0 Å². The fourth-order valence-corrected chi connectivity index (χ4v) is 2.34. The minimum absolute atomic E-state index is 0.124. The Kier molecular flexibility index (Phi) is 5.44. The van der Waals surface area contributed by atoms with E-state index in [1.165, 1.54) is 0 Å². The molecule has 5 heteroatoms. The summed E-state index contributed by atoms with van der Waals surface area (Å²) in [7, 11) is 1.74. The molecule has 1 heterocycles. The van der Waals surface area contributed by atoms with Crippen LogP contribution in [-0.2, 0) is 9.47 Å². The van der Waals surface area contributed by atoms with Crippen molar-refractivity contribution in [1.82, 2.24) is 10.2 Å². The number of amides is 1. The highest BCUT2D eigenvalue weighted by atomic mass is 16.6. The van der Waals surface area contributed by atoms with Gasteiger partial charge in [0.1, 0.15) is 5.60 Å². The molecule has 5 nitrogen and oxygen atoms in total. The second-order valence-electron chi connectivity index (χ2n) is 7.32. The maximum absolute atomic E-state index is 11.8. The molecule has 0 radical (unpaired) electrons. The Morgan fingerprint density at radius 1 is 1.30 bits per heavy atom. The first-order chi connectivity index (χ1) is 9.02. The average molecular weight is 286 g/mol. The Hall–Kier alpha value is -0.810. The lowest BCUT2D eigenvalue weighted by molar-refractivity contribution is -0.00538. The smallest absolute Gasteiger partial charge is 0.410 e. The monoisotopic (exact) mass is 286 g/mol. The molecule has 1 fully saturated rings. The number of hydrogen-bond acceptors (Lipinski definition) is 4. The van der Waals surface area contributed by atoms with Gasteiger partial charge in [0, 0.05) is 32.3 Å². The third-order valence-electron chi connectivity index (χ3n) is 3.40. The lowest BCUT2D eigenvalue weighted by Gasteiger charge is -2.42. The zero-order valence-electron chi connectivity index (χ0n) is 13.9. The summed E-state index contributed by atoms with van der Waals surface area (Å²) >= 11 is 0. The number of rotatable bonds is 5. The lowest BCUT2D eigenvalue weighted by Crippen LogP contribution is -2.62. The molecule has 0 saturated carbocycles. The molecule has 0 aromatic heterocycles. The van der Waals surface area contributed by atoms with Crippen molar-refractivity contribution in [2.75, 3.05) is 20.2 Å². The minimum atomic E-state index is -0.425. The number of carbonyl (C=O) groups is 1. The van der Waals surface area contributed by atoms with Gasteiger partial charge in [-0.2, -0.15) is 0 Å². The van der Waals surface area contributed by atoms with Crippen molar-refractivity contribution in [2.45, 2.75) is 71.2 Å². The second kappa shape index (κ2) is 6.31. The Balaban J connectivity index is 2.27. The fourth-order valence-electron chi connectivity index (χ4n) is 2.34. The van der Waals surface area contributed by atoms with E-state index in [0.717, 1.165) is 6.42 Å². The van der Waals surface area contributed by atoms with E-state index in [9.17, 15) is 4.79 Å². The van der Waals surface area contributed by atoms with Gasteiger partial charge in [-0.1, -0.05) is 0 Å². The number of carbonyl (C=O) groups excluding carboxylic acids is 1. The normalized spacial score (nSPS) is 18.6. The summed E-state index contributed by atoms with van der Waals surface area (Å²) in [6, 6.07) is 0.709. The van der Waals surface area contributed by atoms with Gasteiger partial charge < -0.3 is 19.7 Å². The van der Waals surface area contributed by atoms with Crippen molar-refractivity contribution in [2.24, 2.45) is 0 Å². The van der Waals surface area contributed by atoms with Gasteiger partial charge >= 0.3 is 6.09 Å². The van der Waals surface area contributed by atoms with E-state index in [1.54, 1.807) is 12.0 Å². The highest BCUT2D eigenvalue weighted by molar-refractivity contribution is 5.69. The zero-order valence-corrected chi connectivity index (χ0v) is 13.9. The van der Waals surface area contributed by atoms with Gasteiger partial charge in [-0.25, -0.2) is 4.79 Å². The Morgan fingerprint density at radius 2 is 1.85 bits per heavy atom. The first-order valence-electron chi connectivity index (χ1n) is 7.31. The van der Waals surface area contributed by atoms with Crippen LogP contribution in [0.4, 0.5) is 4.79 Å². The van der Waals surface area contributed by atoms with Gasteiger partial charge in [-0.15, -0.1) is 0 Å². The molecule has 0 spiro atoms. The molecular formula is C15H30N2O3. The molecule has 1 aliphatic heterocycles. The third kappa shape index (κ3) is 5.67. The largest absolute Gasteiger partial charge is 0.444 e. The first-order valence-corrected chi connectivity index (χ1v) is 7.31. The van der Waals surface area contributed by atoms with E-state index >= 15 is 0 Å². The van der Waals surface area contributed by atoms with Crippen molar-refractivity contribution >= 4 is 6.09 Å². The van der Waals surface area contributed by atoms with Gasteiger partial charge in [0.15, 0.2) is 0 Å². The van der Waals surface area contributed by atoms with Crippen molar-refractivity contribution in [3.8, 4) is 0 Å². The standard InChI is InChI=1S/C15H30N2O3/c1-11(8-15(5,6)19-7)16-12-9-17(10-12)13(18)20-14(2,3)4/h11-12,16H,8-10H2,1-7H3. The summed E-state index contributed by atoms with van der Waals surface area (Å²) in [6.45, 7) is 13.4. The van der Waals surface area contributed by atoms with Crippen LogP contribution < -0.4 is 5.32 Å². The summed E-state index contributed by atoms with van der Waals surface area (Å²) in [5.41, 5.74) is -0.549. The molecule has 1 amide bonds. The third-order valence-corrected chi connectivity index (χ3v) is 3.40. The molecule has 0 aromatic carbocycles. The van der Waals surface area contributed by atoms with Gasteiger partial charge in [-0.05, 0) is 48.0 Å². The molecule has 20 heavy (non-hydrogen) atoms. The van der Waals surface area contributed by atoms with Crippen LogP contribution in [0.5, 0.6) is 0 Å². The van der Waals surface area contributed by atoms with Crippen LogP contribution in [0.1, 0.15) is 48.0 Å². The number of ether oxygens (including phenoxy) is 2. The van der Waals surface area contributed by atoms with E-state index < -0.39 is 5.60 Å². The fraction of sp³-hybridized carbons (Fsp3) is 0.933. The summed E-state index contributed by atoms with van der Waals surface area (Å²) in [5, 5.41) is 3.52. The van der Waals surface area contributed by atoms with E-state index in [1.807, 2.05) is 20.8 Å². The molecule has 1 saturated heterocycles. The lowest BCUT2D eigenvalue weighted by atomic mass is 9.98. The summed E-state index contributed by atoms with van der Waals surface area (Å²) in [6.07, 6.45) is 0.715. The molecular weight excluding hydrogens is 256 g/mol. The highest BCUT2D eigenvalue weighted by Crippen LogP contribution is 2.18. The van der Waals surface area contributed by atoms with E-state index in [2.05, 4.69) is 26.1 Å². The van der Waals surface area contributed by atoms with Crippen LogP contribution in [-0.4, -0.2) is 54.5 Å². The van der Waals surface area contributed by atoms with Gasteiger partial charge in [0.2, 0.25) is 0 Å². The molecule has 0 bridgehead atoms. The summed E-state index contributed by atoms with van der Waals surface area (Å²) in [4.78, 5) is 13.5. The van der Waals surface area contributed by atoms with Crippen LogP contribution in [0.25, 0.3) is 0 Å². The van der Waals surface area contributed by atoms with Gasteiger partial charge in [0.25, 0.3) is 0 Å². The van der Waals surface area contributed by atoms with Gasteiger partial charge in [-0.3, -0.25) is 0 Å². The molecule has 0 aliphatic carbocycles. The Labute approximate surface area is 123 Å². The SMILES string of the molecule is COC(C)(C)CC(C)NC1CN(C(=O)OC(C)(C)C)C1. The molecule has 118 valence electrons. The number of nitrogens with zero attached hydrogens (tertiary/aromatic N) is 1. The Morgan fingerprint density at radius 3 is 2.30 bits per heavy atom. The zero-order chi connectivity index (χ0) is 15.6. The predicted octanol–water partition coefficient (Wildman–Crippen LogP) is 2.40. The number of nitrogens with one attached hydrogen (secondary N) is 1. The maximum Gasteiger partial charge on any atom is 0.410 e. The second-order valence-corrected chi connectivity index (χ2v) is 7.32. The van der Waals surface area contributed by atoms with E-state index in [4.69, 9.17) is 9.47 Å². The van der Waals surface area contributed by atoms with Crippen molar-refractivity contribution < 1.29 is 14.3 Å². The Bertz CT molecular complexity index is 331. The van der Waals surface area contributed by atoms with Crippen LogP contribution in [0, 0.1) is 0 Å². The quantitative estimate of drug-likeness (QED) is 0.843. The predicted molar refractivity (Wildman–Crippen MR) is 79.9 cm³/mol. The molecule has 1 rings (SSSR count). The van der Waals surface area contributed by atoms with Crippen LogP contribution in [0.2, 0.25) is 0 Å². The molecule has 0 aromatic rings. The van der Waals surface area contributed by atoms with Crippen molar-refractivity contribution in [3.05, 3.63) is 0 Å². The van der Waals surface area contributed by atoms with Crippen LogP contribution in [0.3, 0.4) is 0 Å². The average Bonchev–Trinajstić information content (AvgIpc) is 2.19. The van der Waals surface area contributed by atoms with Gasteiger partial charge in [0.05, 0.1) is 5.60 Å². The first kappa shape index (κ1) is 17.2. The molecule has 1 unspecified atom stereocenters. The molecule has 1 aliphatic rings. The van der Waals surface area contributed by atoms with Crippen LogP contribution in [0.15, 0.2) is 0 Å². The molecule has 1 N–H and O–H groups in total. The van der Waals surface area contributed by atoms with Crippen LogP contribution >= 0.6 is 0 Å². The van der Waals surface area contributed by atoms with E-state index in [-0.39, 0.29) is 11.7 Å². The summed E-state index contributed by atoms with van der Waals surface area (Å²) in [5.74, 6) is 0. The maximum atomic E-state index is 11.8. The number of likely N-dealkylation sites (tertiary alicyclic amines) is 1. The van der Waals surface area contributed by atoms with Crippen molar-refractivity contribution in [1.29, 1.82) is 0 Å². The summed E-state index contributed by atoms with van der Waals surface area (Å²) < 4.78 is 10.8. The highest BCUT2D eigenvalue weighted by Gasteiger charge is 2.34. The topological polar surface area (TPSA) is 50.8 Å². The number of methoxy groups -OCH3 is 1. The van der Waals surface area contributed by atoms with E-state index in [0.29, 0.717) is 25.2 Å². The number of hydrogen-bond donors (Lipinski definition) is 1.